The molecule has 150 valence electrons. The number of rotatable bonds is 2. The predicted octanol–water partition coefficient (Wildman–Crippen LogP) is 6.98. The van der Waals surface area contributed by atoms with Gasteiger partial charge in [-0.15, -0.1) is 0 Å². The van der Waals surface area contributed by atoms with Crippen LogP contribution >= 0.6 is 58.0 Å². The van der Waals surface area contributed by atoms with Crippen LogP contribution in [0.1, 0.15) is 42.2 Å². The summed E-state index contributed by atoms with van der Waals surface area (Å²) in [5.74, 6) is -1.47. The van der Waals surface area contributed by atoms with Crippen LogP contribution in [0.25, 0.3) is 0 Å². The molecule has 4 nitrogen and oxygen atoms in total. The van der Waals surface area contributed by atoms with Crippen molar-refractivity contribution >= 4 is 81.2 Å². The zero-order valence-corrected chi connectivity index (χ0v) is 18.4. The van der Waals surface area contributed by atoms with Crippen LogP contribution in [0.15, 0.2) is 42.5 Å². The fraction of sp³-hybridized carbons (Fsp3) is 0. The predicted molar refractivity (Wildman–Crippen MR) is 119 cm³/mol. The average Bonchev–Trinajstić information content (AvgIpc) is 2.74. The van der Waals surface area contributed by atoms with Gasteiger partial charge in [0.05, 0.1) is 41.9 Å². The van der Waals surface area contributed by atoms with E-state index < -0.39 is 5.91 Å². The molecule has 0 fully saturated rings. The van der Waals surface area contributed by atoms with Crippen molar-refractivity contribution in [3.63, 3.8) is 0 Å². The van der Waals surface area contributed by atoms with Crippen molar-refractivity contribution in [2.75, 3.05) is 5.32 Å². The molecule has 1 amide bonds. The molecule has 0 atom stereocenters. The van der Waals surface area contributed by atoms with Crippen LogP contribution in [-0.2, 0) is 0 Å². The smallest absolute Gasteiger partial charge is 0.258 e. The maximum absolute atomic E-state index is 13.1. The van der Waals surface area contributed by atoms with Crippen molar-refractivity contribution < 1.29 is 14.4 Å². The second-order valence-corrected chi connectivity index (χ2v) is 8.22. The maximum atomic E-state index is 13.1. The highest BCUT2D eigenvalue weighted by molar-refractivity contribution is 6.56. The lowest BCUT2D eigenvalue weighted by molar-refractivity contribution is 0.0978. The number of benzene rings is 3. The van der Waals surface area contributed by atoms with Crippen molar-refractivity contribution in [1.82, 2.24) is 0 Å². The molecule has 0 bridgehead atoms. The minimum absolute atomic E-state index is 0.0768. The SMILES string of the molecule is O=C1c2ccccc2C(=O)c2c(NC(=O)c3c(Cl)c(Cl)c(Cl)c(Cl)c3Cl)cccc21. The van der Waals surface area contributed by atoms with Gasteiger partial charge >= 0.3 is 0 Å². The molecule has 0 saturated heterocycles. The van der Waals surface area contributed by atoms with Gasteiger partial charge in [-0.1, -0.05) is 94.4 Å². The van der Waals surface area contributed by atoms with Gasteiger partial charge in [-0.05, 0) is 6.07 Å². The fourth-order valence-corrected chi connectivity index (χ4v) is 4.55. The Morgan fingerprint density at radius 1 is 0.633 bits per heavy atom. The quantitative estimate of drug-likeness (QED) is 0.239. The molecule has 0 saturated carbocycles. The van der Waals surface area contributed by atoms with Crippen molar-refractivity contribution in [1.29, 1.82) is 0 Å². The zero-order valence-electron chi connectivity index (χ0n) is 14.7. The lowest BCUT2D eigenvalue weighted by Gasteiger charge is -2.20. The molecule has 4 rings (SSSR count). The molecule has 30 heavy (non-hydrogen) atoms. The van der Waals surface area contributed by atoms with Gasteiger partial charge in [-0.25, -0.2) is 0 Å². The fourth-order valence-electron chi connectivity index (χ4n) is 3.24. The van der Waals surface area contributed by atoms with Gasteiger partial charge in [-0.2, -0.15) is 0 Å². The number of nitrogens with one attached hydrogen (secondary N) is 1. The minimum Gasteiger partial charge on any atom is -0.321 e. The molecule has 0 radical (unpaired) electrons. The van der Waals surface area contributed by atoms with E-state index in [4.69, 9.17) is 58.0 Å². The summed E-state index contributed by atoms with van der Waals surface area (Å²) in [7, 11) is 0. The second kappa shape index (κ2) is 7.88. The summed E-state index contributed by atoms with van der Waals surface area (Å²) in [5.41, 5.74) is 0.741. The molecule has 3 aromatic rings. The number of carbonyl (C=O) groups is 3. The Morgan fingerprint density at radius 3 is 1.73 bits per heavy atom. The Morgan fingerprint density at radius 2 is 1.13 bits per heavy atom. The summed E-state index contributed by atoms with van der Waals surface area (Å²) in [6.45, 7) is 0. The first-order chi connectivity index (χ1) is 14.2. The van der Waals surface area contributed by atoms with Crippen LogP contribution < -0.4 is 5.32 Å². The third-order valence-corrected chi connectivity index (χ3v) is 6.91. The van der Waals surface area contributed by atoms with Crippen LogP contribution in [-0.4, -0.2) is 17.5 Å². The monoisotopic (exact) mass is 497 g/mol. The van der Waals surface area contributed by atoms with Crippen molar-refractivity contribution in [2.24, 2.45) is 0 Å². The van der Waals surface area contributed by atoms with Gasteiger partial charge in [0.2, 0.25) is 0 Å². The highest BCUT2D eigenvalue weighted by atomic mass is 35.5. The van der Waals surface area contributed by atoms with Crippen LogP contribution in [0, 0.1) is 0 Å². The van der Waals surface area contributed by atoms with Crippen LogP contribution in [0.3, 0.4) is 0 Å². The number of hydrogen-bond donors (Lipinski definition) is 1. The highest BCUT2D eigenvalue weighted by Gasteiger charge is 2.32. The normalized spacial score (nSPS) is 12.4. The van der Waals surface area contributed by atoms with E-state index in [9.17, 15) is 14.4 Å². The number of halogens is 5. The van der Waals surface area contributed by atoms with E-state index in [1.54, 1.807) is 30.3 Å². The molecule has 0 aromatic heterocycles. The standard InChI is InChI=1S/C21H8Cl5NO3/c22-14-13(15(23)17(25)18(26)16(14)24)21(30)27-11-7-3-6-10-12(11)20(29)9-5-2-1-4-8(9)19(10)28/h1-7H,(H,27,30). The molecule has 1 N–H and O–H groups in total. The van der Waals surface area contributed by atoms with Gasteiger partial charge in [-0.3, -0.25) is 14.4 Å². The average molecular weight is 500 g/mol. The highest BCUT2D eigenvalue weighted by Crippen LogP contribution is 2.44. The zero-order chi connectivity index (χ0) is 21.7. The van der Waals surface area contributed by atoms with E-state index in [1.165, 1.54) is 12.1 Å². The van der Waals surface area contributed by atoms with Crippen molar-refractivity contribution in [2.45, 2.75) is 0 Å². The number of carbonyl (C=O) groups excluding carboxylic acids is 3. The first kappa shape index (κ1) is 21.2. The number of ketones is 2. The van der Waals surface area contributed by atoms with E-state index in [2.05, 4.69) is 5.32 Å². The first-order valence-electron chi connectivity index (χ1n) is 8.38. The minimum atomic E-state index is -0.766. The van der Waals surface area contributed by atoms with E-state index in [0.29, 0.717) is 5.56 Å². The second-order valence-electron chi connectivity index (χ2n) is 6.33. The molecule has 0 heterocycles. The third-order valence-electron chi connectivity index (χ3n) is 4.64. The van der Waals surface area contributed by atoms with Crippen LogP contribution in [0.2, 0.25) is 25.1 Å². The number of anilines is 1. The van der Waals surface area contributed by atoms with Crippen LogP contribution in [0.5, 0.6) is 0 Å². The Kier molecular flexibility index (Phi) is 5.56. The van der Waals surface area contributed by atoms with Crippen molar-refractivity contribution in [3.8, 4) is 0 Å². The molecule has 1 aliphatic rings. The lowest BCUT2D eigenvalue weighted by Crippen LogP contribution is -2.24. The number of hydrogen-bond acceptors (Lipinski definition) is 3. The van der Waals surface area contributed by atoms with Crippen molar-refractivity contribution in [3.05, 3.63) is 95.4 Å². The van der Waals surface area contributed by atoms with E-state index in [1.807, 2.05) is 0 Å². The molecular formula is C21H8Cl5NO3. The van der Waals surface area contributed by atoms with Gasteiger partial charge < -0.3 is 5.32 Å². The Bertz CT molecular complexity index is 1260. The third kappa shape index (κ3) is 3.20. The van der Waals surface area contributed by atoms with E-state index >= 15 is 0 Å². The van der Waals surface area contributed by atoms with Gasteiger partial charge in [0.15, 0.2) is 11.6 Å². The lowest BCUT2D eigenvalue weighted by atomic mass is 9.83. The molecule has 0 spiro atoms. The molecule has 1 aliphatic carbocycles. The van der Waals surface area contributed by atoms with E-state index in [0.717, 1.165) is 0 Å². The Hall–Kier alpha value is -2.08. The summed E-state index contributed by atoms with van der Waals surface area (Å²) >= 11 is 30.3. The summed E-state index contributed by atoms with van der Waals surface area (Å²) in [5, 5.41) is 1.86. The summed E-state index contributed by atoms with van der Waals surface area (Å²) in [6, 6.07) is 11.1. The van der Waals surface area contributed by atoms with E-state index in [-0.39, 0.29) is 64.6 Å². The maximum Gasteiger partial charge on any atom is 0.258 e. The largest absolute Gasteiger partial charge is 0.321 e. The molecule has 0 unspecified atom stereocenters. The van der Waals surface area contributed by atoms with Gasteiger partial charge in [0, 0.05) is 16.7 Å². The van der Waals surface area contributed by atoms with Gasteiger partial charge in [0.25, 0.3) is 5.91 Å². The molecule has 3 aromatic carbocycles. The summed E-state index contributed by atoms with van der Waals surface area (Å²) < 4.78 is 0. The Balaban J connectivity index is 1.82. The number of amides is 1. The van der Waals surface area contributed by atoms with Crippen LogP contribution in [0.4, 0.5) is 5.69 Å². The summed E-state index contributed by atoms with van der Waals surface area (Å²) in [4.78, 5) is 38.9. The molecular weight excluding hydrogens is 492 g/mol. The Labute approximate surface area is 195 Å². The first-order valence-corrected chi connectivity index (χ1v) is 10.3. The molecule has 0 aliphatic heterocycles. The van der Waals surface area contributed by atoms with Gasteiger partial charge in [0.1, 0.15) is 0 Å². The summed E-state index contributed by atoms with van der Waals surface area (Å²) in [6.07, 6.45) is 0. The number of fused-ring (bicyclic) bond motifs is 2. The molecule has 9 heteroatoms. The topological polar surface area (TPSA) is 63.2 Å².